The van der Waals surface area contributed by atoms with Crippen LogP contribution in [0.15, 0.2) is 48.5 Å². The van der Waals surface area contributed by atoms with Crippen LogP contribution in [0.5, 0.6) is 0 Å². The fourth-order valence-electron chi connectivity index (χ4n) is 3.29. The van der Waals surface area contributed by atoms with Crippen LogP contribution in [-0.2, 0) is 6.42 Å². The summed E-state index contributed by atoms with van der Waals surface area (Å²) < 4.78 is 14.0. The molecule has 3 nitrogen and oxygen atoms in total. The monoisotopic (exact) mass is 360 g/mol. The molecule has 1 amide bonds. The summed E-state index contributed by atoms with van der Waals surface area (Å²) in [6, 6.07) is 14.9. The van der Waals surface area contributed by atoms with E-state index < -0.39 is 5.82 Å². The van der Waals surface area contributed by atoms with Gasteiger partial charge in [0.25, 0.3) is 5.91 Å². The molecule has 25 heavy (non-hydrogen) atoms. The van der Waals surface area contributed by atoms with E-state index in [2.05, 4.69) is 24.0 Å². The molecule has 1 atom stereocenters. The van der Waals surface area contributed by atoms with Crippen LogP contribution in [0, 0.1) is 5.82 Å². The van der Waals surface area contributed by atoms with Crippen LogP contribution in [0.4, 0.5) is 4.39 Å². The van der Waals surface area contributed by atoms with Gasteiger partial charge in [0.2, 0.25) is 0 Å². The Morgan fingerprint density at radius 3 is 2.60 bits per heavy atom. The highest BCUT2D eigenvalue weighted by Crippen LogP contribution is 2.22. The van der Waals surface area contributed by atoms with Gasteiger partial charge in [0.05, 0.1) is 10.6 Å². The van der Waals surface area contributed by atoms with Crippen molar-refractivity contribution in [1.82, 2.24) is 9.80 Å². The maximum Gasteiger partial charge on any atom is 0.258 e. The summed E-state index contributed by atoms with van der Waals surface area (Å²) in [4.78, 5) is 16.7. The van der Waals surface area contributed by atoms with Gasteiger partial charge < -0.3 is 4.90 Å². The van der Waals surface area contributed by atoms with Crippen molar-refractivity contribution >= 4 is 17.5 Å². The van der Waals surface area contributed by atoms with Crippen LogP contribution < -0.4 is 0 Å². The molecule has 2 aromatic rings. The standard InChI is InChI=1S/C20H22ClFN2O/c1-15-14-24(20(25)19-17(21)8-5-9-18(19)22)13-12-23(15)11-10-16-6-3-2-4-7-16/h2-9,15H,10-14H2,1H3. The molecule has 1 heterocycles. The minimum Gasteiger partial charge on any atom is -0.336 e. The first-order valence-electron chi connectivity index (χ1n) is 8.57. The molecule has 1 fully saturated rings. The van der Waals surface area contributed by atoms with Crippen LogP contribution >= 0.6 is 11.6 Å². The summed E-state index contributed by atoms with van der Waals surface area (Å²) in [5.74, 6) is -0.880. The molecule has 1 saturated heterocycles. The van der Waals surface area contributed by atoms with Crippen LogP contribution in [0.25, 0.3) is 0 Å². The largest absolute Gasteiger partial charge is 0.336 e. The Hall–Kier alpha value is -1.91. The first-order valence-corrected chi connectivity index (χ1v) is 8.95. The molecule has 132 valence electrons. The lowest BCUT2D eigenvalue weighted by molar-refractivity contribution is 0.0514. The maximum absolute atomic E-state index is 14.0. The minimum absolute atomic E-state index is 0.0193. The van der Waals surface area contributed by atoms with Crippen molar-refractivity contribution < 1.29 is 9.18 Å². The van der Waals surface area contributed by atoms with Gasteiger partial charge in [-0.05, 0) is 31.0 Å². The van der Waals surface area contributed by atoms with Crippen molar-refractivity contribution in [2.24, 2.45) is 0 Å². The molecule has 1 unspecified atom stereocenters. The highest BCUT2D eigenvalue weighted by atomic mass is 35.5. The summed E-state index contributed by atoms with van der Waals surface area (Å²) in [6.45, 7) is 5.01. The summed E-state index contributed by atoms with van der Waals surface area (Å²) >= 11 is 6.03. The number of hydrogen-bond acceptors (Lipinski definition) is 2. The summed E-state index contributed by atoms with van der Waals surface area (Å²) in [5.41, 5.74) is 1.29. The van der Waals surface area contributed by atoms with E-state index in [-0.39, 0.29) is 22.5 Å². The average Bonchev–Trinajstić information content (AvgIpc) is 2.61. The van der Waals surface area contributed by atoms with Crippen molar-refractivity contribution in [3.05, 3.63) is 70.5 Å². The number of halogens is 2. The lowest BCUT2D eigenvalue weighted by Crippen LogP contribution is -2.54. The lowest BCUT2D eigenvalue weighted by atomic mass is 10.1. The summed E-state index contributed by atoms with van der Waals surface area (Å²) in [5, 5.41) is 0.171. The smallest absolute Gasteiger partial charge is 0.258 e. The molecule has 5 heteroatoms. The number of rotatable bonds is 4. The Labute approximate surface area is 153 Å². The van der Waals surface area contributed by atoms with Gasteiger partial charge in [-0.25, -0.2) is 4.39 Å². The van der Waals surface area contributed by atoms with E-state index in [1.165, 1.54) is 17.7 Å². The molecular weight excluding hydrogens is 339 g/mol. The molecule has 0 aromatic heterocycles. The lowest BCUT2D eigenvalue weighted by Gasteiger charge is -2.40. The van der Waals surface area contributed by atoms with Gasteiger partial charge in [0.15, 0.2) is 0 Å². The molecule has 0 radical (unpaired) electrons. The molecule has 1 aliphatic heterocycles. The quantitative estimate of drug-likeness (QED) is 0.826. The van der Waals surface area contributed by atoms with Crippen LogP contribution in [-0.4, -0.2) is 47.9 Å². The summed E-state index contributed by atoms with van der Waals surface area (Å²) in [7, 11) is 0. The van der Waals surface area contributed by atoms with E-state index in [4.69, 9.17) is 11.6 Å². The molecule has 1 aliphatic rings. The number of hydrogen-bond donors (Lipinski definition) is 0. The highest BCUT2D eigenvalue weighted by Gasteiger charge is 2.29. The number of amides is 1. The Kier molecular flexibility index (Phi) is 5.71. The number of carbonyl (C=O) groups excluding carboxylic acids is 1. The van der Waals surface area contributed by atoms with Gasteiger partial charge >= 0.3 is 0 Å². The van der Waals surface area contributed by atoms with Gasteiger partial charge in [0.1, 0.15) is 5.82 Å². The molecule has 2 aromatic carbocycles. The third kappa shape index (κ3) is 4.20. The maximum atomic E-state index is 14.0. The number of benzene rings is 2. The Morgan fingerprint density at radius 1 is 1.16 bits per heavy atom. The topological polar surface area (TPSA) is 23.6 Å². The van der Waals surface area contributed by atoms with E-state index >= 15 is 0 Å². The fraction of sp³-hybridized carbons (Fsp3) is 0.350. The van der Waals surface area contributed by atoms with Crippen molar-refractivity contribution in [2.45, 2.75) is 19.4 Å². The Balaban J connectivity index is 1.60. The van der Waals surface area contributed by atoms with Gasteiger partial charge in [-0.3, -0.25) is 9.69 Å². The number of nitrogens with zero attached hydrogens (tertiary/aromatic N) is 2. The van der Waals surface area contributed by atoms with Crippen LogP contribution in [0.2, 0.25) is 5.02 Å². The second kappa shape index (κ2) is 7.98. The van der Waals surface area contributed by atoms with Gasteiger partial charge in [0, 0.05) is 32.2 Å². The van der Waals surface area contributed by atoms with Crippen molar-refractivity contribution in [1.29, 1.82) is 0 Å². The van der Waals surface area contributed by atoms with E-state index in [0.29, 0.717) is 13.1 Å². The first-order chi connectivity index (χ1) is 12.1. The third-order valence-corrected chi connectivity index (χ3v) is 5.07. The molecule has 0 spiro atoms. The summed E-state index contributed by atoms with van der Waals surface area (Å²) in [6.07, 6.45) is 0.984. The highest BCUT2D eigenvalue weighted by molar-refractivity contribution is 6.33. The van der Waals surface area contributed by atoms with Crippen molar-refractivity contribution in [3.8, 4) is 0 Å². The number of piperazine rings is 1. The minimum atomic E-state index is -0.559. The van der Waals surface area contributed by atoms with Crippen LogP contribution in [0.3, 0.4) is 0 Å². The van der Waals surface area contributed by atoms with E-state index in [9.17, 15) is 9.18 Å². The molecule has 0 N–H and O–H groups in total. The van der Waals surface area contributed by atoms with Gasteiger partial charge in [-0.1, -0.05) is 48.0 Å². The molecular formula is C20H22ClFN2O. The third-order valence-electron chi connectivity index (χ3n) is 4.76. The molecule has 0 saturated carbocycles. The molecule has 0 aliphatic carbocycles. The first kappa shape index (κ1) is 17.9. The zero-order valence-corrected chi connectivity index (χ0v) is 15.0. The fourth-order valence-corrected chi connectivity index (χ4v) is 3.53. The number of carbonyl (C=O) groups is 1. The molecule has 3 rings (SSSR count). The second-order valence-electron chi connectivity index (χ2n) is 6.47. The zero-order chi connectivity index (χ0) is 17.8. The SMILES string of the molecule is CC1CN(C(=O)c2c(F)cccc2Cl)CCN1CCc1ccccc1. The van der Waals surface area contributed by atoms with E-state index in [1.807, 2.05) is 18.2 Å². The normalized spacial score (nSPS) is 18.4. The van der Waals surface area contributed by atoms with Crippen molar-refractivity contribution in [2.75, 3.05) is 26.2 Å². The van der Waals surface area contributed by atoms with E-state index in [1.54, 1.807) is 11.0 Å². The Morgan fingerprint density at radius 2 is 1.92 bits per heavy atom. The van der Waals surface area contributed by atoms with E-state index in [0.717, 1.165) is 19.5 Å². The van der Waals surface area contributed by atoms with Gasteiger partial charge in [-0.2, -0.15) is 0 Å². The van der Waals surface area contributed by atoms with Crippen molar-refractivity contribution in [3.63, 3.8) is 0 Å². The van der Waals surface area contributed by atoms with Gasteiger partial charge in [-0.15, -0.1) is 0 Å². The zero-order valence-electron chi connectivity index (χ0n) is 14.3. The average molecular weight is 361 g/mol. The Bertz CT molecular complexity index is 717. The molecule has 0 bridgehead atoms. The predicted octanol–water partition coefficient (Wildman–Crippen LogP) is 3.87. The van der Waals surface area contributed by atoms with Crippen LogP contribution in [0.1, 0.15) is 22.8 Å². The predicted molar refractivity (Wildman–Crippen MR) is 98.5 cm³/mol. The second-order valence-corrected chi connectivity index (χ2v) is 6.88.